The van der Waals surface area contributed by atoms with Gasteiger partial charge in [-0.15, -0.1) is 11.3 Å². The second-order valence-corrected chi connectivity index (χ2v) is 4.93. The van der Waals surface area contributed by atoms with E-state index >= 15 is 0 Å². The van der Waals surface area contributed by atoms with E-state index in [-0.39, 0.29) is 5.56 Å². The molecule has 0 saturated heterocycles. The first-order valence-corrected chi connectivity index (χ1v) is 5.81. The van der Waals surface area contributed by atoms with Crippen LogP contribution in [-0.4, -0.2) is 19.4 Å². The van der Waals surface area contributed by atoms with Gasteiger partial charge < -0.3 is 5.32 Å². The number of hydrogen-bond donors (Lipinski definition) is 1. The summed E-state index contributed by atoms with van der Waals surface area (Å²) >= 11 is 1.11. The molecule has 0 spiro atoms. The fourth-order valence-electron chi connectivity index (χ4n) is 1.72. The van der Waals surface area contributed by atoms with E-state index in [4.69, 9.17) is 0 Å². The van der Waals surface area contributed by atoms with Crippen LogP contribution in [0.3, 0.4) is 0 Å². The maximum Gasteiger partial charge on any atom is 0.402 e. The highest BCUT2D eigenvalue weighted by molar-refractivity contribution is 7.10. The molecule has 0 saturated carbocycles. The van der Waals surface area contributed by atoms with Gasteiger partial charge in [-0.3, -0.25) is 0 Å². The molecule has 1 atom stereocenters. The lowest BCUT2D eigenvalue weighted by Crippen LogP contribution is -2.44. The molecule has 1 unspecified atom stereocenters. The van der Waals surface area contributed by atoms with E-state index in [1.54, 1.807) is 6.92 Å². The Balaban J connectivity index is 3.18. The van der Waals surface area contributed by atoms with Crippen molar-refractivity contribution in [3.05, 3.63) is 21.9 Å². The average molecular weight is 291 g/mol. The first-order chi connectivity index (χ1) is 8.07. The van der Waals surface area contributed by atoms with Gasteiger partial charge in [-0.25, -0.2) is 0 Å². The summed E-state index contributed by atoms with van der Waals surface area (Å²) in [5, 5.41) is 3.42. The van der Waals surface area contributed by atoms with E-state index in [2.05, 4.69) is 5.32 Å². The molecular formula is C10H11F6NS. The molecule has 0 aromatic carbocycles. The van der Waals surface area contributed by atoms with Gasteiger partial charge in [0.2, 0.25) is 0 Å². The maximum absolute atomic E-state index is 12.6. The van der Waals surface area contributed by atoms with E-state index in [1.165, 1.54) is 11.4 Å². The third-order valence-electron chi connectivity index (χ3n) is 2.46. The molecule has 0 fully saturated rings. The van der Waals surface area contributed by atoms with Crippen molar-refractivity contribution in [1.82, 2.24) is 5.32 Å². The fraction of sp³-hybridized carbons (Fsp3) is 0.600. The van der Waals surface area contributed by atoms with Gasteiger partial charge in [0.1, 0.15) is 0 Å². The Morgan fingerprint density at radius 2 is 1.61 bits per heavy atom. The highest BCUT2D eigenvalue weighted by Gasteiger charge is 2.60. The molecule has 0 bridgehead atoms. The molecule has 0 amide bonds. The van der Waals surface area contributed by atoms with Gasteiger partial charge in [0.25, 0.3) is 0 Å². The molecule has 1 heterocycles. The van der Waals surface area contributed by atoms with Crippen LogP contribution in [-0.2, 0) is 0 Å². The smallest absolute Gasteiger partial charge is 0.312 e. The lowest BCUT2D eigenvalue weighted by Gasteiger charge is -2.30. The van der Waals surface area contributed by atoms with Crippen LogP contribution in [0.15, 0.2) is 11.4 Å². The van der Waals surface area contributed by atoms with E-state index in [1.807, 2.05) is 0 Å². The largest absolute Gasteiger partial charge is 0.402 e. The summed E-state index contributed by atoms with van der Waals surface area (Å²) in [6.45, 7) is 1.62. The monoisotopic (exact) mass is 291 g/mol. The van der Waals surface area contributed by atoms with Crippen LogP contribution >= 0.6 is 11.3 Å². The molecule has 1 aromatic heterocycles. The maximum atomic E-state index is 12.6. The van der Waals surface area contributed by atoms with E-state index in [0.717, 1.165) is 18.4 Å². The quantitative estimate of drug-likeness (QED) is 0.828. The zero-order valence-electron chi connectivity index (χ0n) is 9.49. The number of thiophene rings is 1. The van der Waals surface area contributed by atoms with Gasteiger partial charge >= 0.3 is 12.4 Å². The van der Waals surface area contributed by atoms with Crippen LogP contribution in [0.2, 0.25) is 0 Å². The standard InChI is InChI=1S/C10H11F6NS/c1-5-3-6(4-18-5)7(17-2)8(9(11,12)13)10(14,15)16/h3-4,7-8,17H,1-2H3. The molecule has 1 rings (SSSR count). The number of alkyl halides is 6. The van der Waals surface area contributed by atoms with Crippen LogP contribution < -0.4 is 5.32 Å². The van der Waals surface area contributed by atoms with Crippen LogP contribution in [0.5, 0.6) is 0 Å². The molecule has 104 valence electrons. The van der Waals surface area contributed by atoms with Crippen LogP contribution in [0.25, 0.3) is 0 Å². The highest BCUT2D eigenvalue weighted by Crippen LogP contribution is 2.46. The van der Waals surface area contributed by atoms with Crippen LogP contribution in [0.4, 0.5) is 26.3 Å². The van der Waals surface area contributed by atoms with E-state index in [9.17, 15) is 26.3 Å². The molecule has 1 nitrogen and oxygen atoms in total. The molecule has 0 radical (unpaired) electrons. The van der Waals surface area contributed by atoms with Crippen molar-refractivity contribution < 1.29 is 26.3 Å². The van der Waals surface area contributed by atoms with Gasteiger partial charge in [-0.05, 0) is 31.0 Å². The van der Waals surface area contributed by atoms with Gasteiger partial charge in [-0.1, -0.05) is 0 Å². The lowest BCUT2D eigenvalue weighted by atomic mass is 9.93. The summed E-state index contributed by atoms with van der Waals surface area (Å²) in [6, 6.07) is -0.494. The molecule has 1 aromatic rings. The van der Waals surface area contributed by atoms with E-state index in [0.29, 0.717) is 4.88 Å². The normalized spacial score (nSPS) is 15.2. The Hall–Kier alpha value is -0.760. The Morgan fingerprint density at radius 1 is 1.11 bits per heavy atom. The van der Waals surface area contributed by atoms with Crippen molar-refractivity contribution in [2.75, 3.05) is 7.05 Å². The molecule has 8 heteroatoms. The summed E-state index contributed by atoms with van der Waals surface area (Å²) in [5.74, 6) is -3.41. The fourth-order valence-corrected chi connectivity index (χ4v) is 2.46. The number of rotatable bonds is 3. The number of aryl methyl sites for hydroxylation is 1. The molecule has 18 heavy (non-hydrogen) atoms. The zero-order valence-corrected chi connectivity index (χ0v) is 10.3. The lowest BCUT2D eigenvalue weighted by molar-refractivity contribution is -0.292. The first-order valence-electron chi connectivity index (χ1n) is 4.93. The minimum Gasteiger partial charge on any atom is -0.312 e. The van der Waals surface area contributed by atoms with Gasteiger partial charge in [-0.2, -0.15) is 26.3 Å². The predicted molar refractivity (Wildman–Crippen MR) is 56.5 cm³/mol. The Bertz CT molecular complexity index is 380. The molecule has 1 N–H and O–H groups in total. The second kappa shape index (κ2) is 5.08. The Labute approximate surface area is 104 Å². The zero-order chi connectivity index (χ0) is 14.1. The number of nitrogens with one attached hydrogen (secondary N) is 1. The summed E-state index contributed by atoms with van der Waals surface area (Å²) in [5.41, 5.74) is -0.000324. The van der Waals surface area contributed by atoms with Gasteiger partial charge in [0.15, 0.2) is 5.92 Å². The second-order valence-electron chi connectivity index (χ2n) is 3.82. The third kappa shape index (κ3) is 3.38. The SMILES string of the molecule is CNC(c1csc(C)c1)C(C(F)(F)F)C(F)(F)F. The average Bonchev–Trinajstić information content (AvgIpc) is 2.56. The third-order valence-corrected chi connectivity index (χ3v) is 3.34. The van der Waals surface area contributed by atoms with E-state index < -0.39 is 24.3 Å². The Morgan fingerprint density at radius 3 is 1.89 bits per heavy atom. The van der Waals surface area contributed by atoms with Crippen molar-refractivity contribution in [2.45, 2.75) is 25.3 Å². The van der Waals surface area contributed by atoms with Crippen molar-refractivity contribution in [3.63, 3.8) is 0 Å². The number of hydrogen-bond acceptors (Lipinski definition) is 2. The van der Waals surface area contributed by atoms with Crippen LogP contribution in [0, 0.1) is 12.8 Å². The van der Waals surface area contributed by atoms with Gasteiger partial charge in [0, 0.05) is 4.88 Å². The summed E-state index contributed by atoms with van der Waals surface area (Å²) in [6.07, 6.45) is -10.7. The van der Waals surface area contributed by atoms with Crippen molar-refractivity contribution in [1.29, 1.82) is 0 Å². The van der Waals surface area contributed by atoms with Crippen LogP contribution in [0.1, 0.15) is 16.5 Å². The molecule has 0 aliphatic carbocycles. The Kier molecular flexibility index (Phi) is 4.32. The van der Waals surface area contributed by atoms with Crippen molar-refractivity contribution >= 4 is 11.3 Å². The molecule has 0 aliphatic heterocycles. The highest BCUT2D eigenvalue weighted by atomic mass is 32.1. The number of halogens is 6. The minimum atomic E-state index is -5.35. The minimum absolute atomic E-state index is 0.000324. The summed E-state index contributed by atoms with van der Waals surface area (Å²) in [7, 11) is 1.09. The van der Waals surface area contributed by atoms with Crippen molar-refractivity contribution in [2.24, 2.45) is 5.92 Å². The summed E-state index contributed by atoms with van der Waals surface area (Å²) in [4.78, 5) is 0.661. The summed E-state index contributed by atoms with van der Waals surface area (Å²) < 4.78 is 75.5. The topological polar surface area (TPSA) is 12.0 Å². The molecule has 0 aliphatic rings. The first kappa shape index (κ1) is 15.3. The molecular weight excluding hydrogens is 280 g/mol. The predicted octanol–water partition coefficient (Wildman–Crippen LogP) is 4.06. The van der Waals surface area contributed by atoms with Gasteiger partial charge in [0.05, 0.1) is 6.04 Å². The van der Waals surface area contributed by atoms with Crippen molar-refractivity contribution in [3.8, 4) is 0 Å².